The van der Waals surface area contributed by atoms with E-state index in [2.05, 4.69) is 48.4 Å². The quantitative estimate of drug-likeness (QED) is 0.612. The number of nitrogens with two attached hydrogens (primary N) is 1. The van der Waals surface area contributed by atoms with Crippen LogP contribution < -0.4 is 11.1 Å². The predicted molar refractivity (Wildman–Crippen MR) is 104 cm³/mol. The van der Waals surface area contributed by atoms with E-state index in [9.17, 15) is 0 Å². The number of hydrogen-bond acceptors (Lipinski definition) is 2. The van der Waals surface area contributed by atoms with E-state index in [1.54, 1.807) is 7.11 Å². The van der Waals surface area contributed by atoms with E-state index >= 15 is 0 Å². The van der Waals surface area contributed by atoms with Gasteiger partial charge in [-0.25, -0.2) is 4.99 Å². The zero-order valence-electron chi connectivity index (χ0n) is 15.2. The molecule has 0 saturated heterocycles. The van der Waals surface area contributed by atoms with Crippen LogP contribution in [0.4, 0.5) is 5.69 Å². The van der Waals surface area contributed by atoms with Crippen molar-refractivity contribution in [3.8, 4) is 0 Å². The highest BCUT2D eigenvalue weighted by Crippen LogP contribution is 2.43. The SMILES string of the molecule is COCc1ccccc1NC(N)=NC1CC1c1ccc(C(C)C)cc1. The van der Waals surface area contributed by atoms with Crippen LogP contribution in [-0.2, 0) is 11.3 Å². The summed E-state index contributed by atoms with van der Waals surface area (Å²) >= 11 is 0. The summed E-state index contributed by atoms with van der Waals surface area (Å²) in [5.74, 6) is 1.51. The molecule has 1 fully saturated rings. The minimum Gasteiger partial charge on any atom is -0.380 e. The maximum absolute atomic E-state index is 6.11. The molecule has 4 nitrogen and oxygen atoms in total. The van der Waals surface area contributed by atoms with Crippen LogP contribution in [0.25, 0.3) is 0 Å². The van der Waals surface area contributed by atoms with Gasteiger partial charge in [0.1, 0.15) is 0 Å². The van der Waals surface area contributed by atoms with Crippen molar-refractivity contribution in [2.75, 3.05) is 12.4 Å². The first-order chi connectivity index (χ1) is 12.1. The van der Waals surface area contributed by atoms with Crippen LogP contribution in [0.3, 0.4) is 0 Å². The van der Waals surface area contributed by atoms with E-state index in [0.717, 1.165) is 17.7 Å². The highest BCUT2D eigenvalue weighted by molar-refractivity contribution is 5.93. The Morgan fingerprint density at radius 3 is 2.60 bits per heavy atom. The second kappa shape index (κ2) is 7.70. The highest BCUT2D eigenvalue weighted by Gasteiger charge is 2.38. The lowest BCUT2D eigenvalue weighted by Crippen LogP contribution is -2.24. The van der Waals surface area contributed by atoms with Crippen molar-refractivity contribution in [2.24, 2.45) is 10.7 Å². The van der Waals surface area contributed by atoms with Crippen molar-refractivity contribution in [3.63, 3.8) is 0 Å². The Balaban J connectivity index is 1.63. The Labute approximate surface area is 150 Å². The van der Waals surface area contributed by atoms with Crippen LogP contribution in [0.2, 0.25) is 0 Å². The van der Waals surface area contributed by atoms with Crippen molar-refractivity contribution in [2.45, 2.75) is 44.8 Å². The summed E-state index contributed by atoms with van der Waals surface area (Å²) in [6.07, 6.45) is 1.06. The molecule has 25 heavy (non-hydrogen) atoms. The smallest absolute Gasteiger partial charge is 0.193 e. The molecular weight excluding hydrogens is 310 g/mol. The molecule has 0 aliphatic heterocycles. The van der Waals surface area contributed by atoms with Gasteiger partial charge in [0.05, 0.1) is 12.6 Å². The van der Waals surface area contributed by atoms with Gasteiger partial charge in [-0.15, -0.1) is 0 Å². The minimum absolute atomic E-state index is 0.270. The summed E-state index contributed by atoms with van der Waals surface area (Å²) in [7, 11) is 1.69. The van der Waals surface area contributed by atoms with Crippen LogP contribution in [0.1, 0.15) is 48.8 Å². The van der Waals surface area contributed by atoms with Gasteiger partial charge in [0.15, 0.2) is 5.96 Å². The van der Waals surface area contributed by atoms with E-state index in [-0.39, 0.29) is 6.04 Å². The van der Waals surface area contributed by atoms with Crippen molar-refractivity contribution in [1.82, 2.24) is 0 Å². The van der Waals surface area contributed by atoms with E-state index < -0.39 is 0 Å². The van der Waals surface area contributed by atoms with Crippen LogP contribution in [-0.4, -0.2) is 19.1 Å². The summed E-state index contributed by atoms with van der Waals surface area (Å²) in [6.45, 7) is 4.98. The second-order valence-electron chi connectivity index (χ2n) is 6.96. The molecule has 4 heteroatoms. The number of hydrogen-bond donors (Lipinski definition) is 2. The molecule has 2 unspecified atom stereocenters. The molecule has 3 rings (SSSR count). The van der Waals surface area contributed by atoms with E-state index in [1.807, 2.05) is 24.3 Å². The lowest BCUT2D eigenvalue weighted by atomic mass is 10.0. The number of rotatable bonds is 6. The zero-order valence-corrected chi connectivity index (χ0v) is 15.2. The molecule has 0 bridgehead atoms. The first-order valence-electron chi connectivity index (χ1n) is 8.85. The summed E-state index contributed by atoms with van der Waals surface area (Å²) in [5, 5.41) is 3.21. The van der Waals surface area contributed by atoms with Crippen LogP contribution >= 0.6 is 0 Å². The fraction of sp³-hybridized carbons (Fsp3) is 0.381. The molecule has 1 saturated carbocycles. The Morgan fingerprint density at radius 1 is 1.20 bits per heavy atom. The third kappa shape index (κ3) is 4.40. The van der Waals surface area contributed by atoms with Gasteiger partial charge in [-0.05, 0) is 29.5 Å². The number of guanidine groups is 1. The topological polar surface area (TPSA) is 59.6 Å². The van der Waals surface area contributed by atoms with E-state index in [0.29, 0.717) is 24.4 Å². The monoisotopic (exact) mass is 337 g/mol. The molecular formula is C21H27N3O. The highest BCUT2D eigenvalue weighted by atomic mass is 16.5. The molecule has 1 aliphatic carbocycles. The third-order valence-electron chi connectivity index (χ3n) is 4.67. The zero-order chi connectivity index (χ0) is 17.8. The first-order valence-corrected chi connectivity index (χ1v) is 8.85. The Bertz CT molecular complexity index is 737. The number of ether oxygens (including phenoxy) is 1. The van der Waals surface area contributed by atoms with Gasteiger partial charge >= 0.3 is 0 Å². The summed E-state index contributed by atoms with van der Waals surface area (Å²) in [5.41, 5.74) is 10.9. The molecule has 0 aromatic heterocycles. The summed E-state index contributed by atoms with van der Waals surface area (Å²) < 4.78 is 5.22. The molecule has 0 spiro atoms. The van der Waals surface area contributed by atoms with Crippen molar-refractivity contribution < 1.29 is 4.74 Å². The van der Waals surface area contributed by atoms with Gasteiger partial charge in [0, 0.05) is 24.3 Å². The maximum Gasteiger partial charge on any atom is 0.193 e. The largest absolute Gasteiger partial charge is 0.380 e. The fourth-order valence-corrected chi connectivity index (χ4v) is 3.08. The van der Waals surface area contributed by atoms with Crippen molar-refractivity contribution in [3.05, 3.63) is 65.2 Å². The lowest BCUT2D eigenvalue weighted by molar-refractivity contribution is 0.185. The molecule has 0 heterocycles. The number of aliphatic imine (C=N–C) groups is 1. The minimum atomic E-state index is 0.270. The third-order valence-corrected chi connectivity index (χ3v) is 4.67. The van der Waals surface area contributed by atoms with Gasteiger partial charge < -0.3 is 15.8 Å². The fourth-order valence-electron chi connectivity index (χ4n) is 3.08. The number of para-hydroxylation sites is 1. The van der Waals surface area contributed by atoms with Gasteiger partial charge in [-0.2, -0.15) is 0 Å². The Hall–Kier alpha value is -2.33. The van der Waals surface area contributed by atoms with Gasteiger partial charge in [0.2, 0.25) is 0 Å². The van der Waals surface area contributed by atoms with E-state index in [4.69, 9.17) is 10.5 Å². The normalized spacial score (nSPS) is 19.9. The van der Waals surface area contributed by atoms with Crippen LogP contribution in [0, 0.1) is 0 Å². The number of nitrogens with zero attached hydrogens (tertiary/aromatic N) is 1. The molecule has 2 atom stereocenters. The number of anilines is 1. The average molecular weight is 337 g/mol. The van der Waals surface area contributed by atoms with Gasteiger partial charge in [0.25, 0.3) is 0 Å². The number of methoxy groups -OCH3 is 1. The molecule has 3 N–H and O–H groups in total. The number of benzene rings is 2. The average Bonchev–Trinajstić information content (AvgIpc) is 3.36. The van der Waals surface area contributed by atoms with Gasteiger partial charge in [-0.3, -0.25) is 0 Å². The van der Waals surface area contributed by atoms with Crippen LogP contribution in [0.15, 0.2) is 53.5 Å². The molecule has 132 valence electrons. The maximum atomic E-state index is 6.11. The molecule has 1 aliphatic rings. The Kier molecular flexibility index (Phi) is 5.39. The summed E-state index contributed by atoms with van der Waals surface area (Å²) in [6, 6.07) is 17.2. The lowest BCUT2D eigenvalue weighted by Gasteiger charge is -2.11. The number of nitrogens with one attached hydrogen (secondary N) is 1. The molecule has 2 aromatic rings. The molecule has 2 aromatic carbocycles. The second-order valence-corrected chi connectivity index (χ2v) is 6.96. The van der Waals surface area contributed by atoms with Crippen LogP contribution in [0.5, 0.6) is 0 Å². The first kappa shape index (κ1) is 17.5. The van der Waals surface area contributed by atoms with E-state index in [1.165, 1.54) is 11.1 Å². The standard InChI is InChI=1S/C21H27N3O/c1-14(2)15-8-10-16(11-9-15)18-12-20(18)24-21(22)23-19-7-5-4-6-17(19)13-25-3/h4-11,14,18,20H,12-13H2,1-3H3,(H3,22,23,24). The molecule has 0 radical (unpaired) electrons. The van der Waals surface area contributed by atoms with Crippen molar-refractivity contribution in [1.29, 1.82) is 0 Å². The predicted octanol–water partition coefficient (Wildman–Crippen LogP) is 4.24. The molecule has 0 amide bonds. The summed E-state index contributed by atoms with van der Waals surface area (Å²) in [4.78, 5) is 4.64. The van der Waals surface area contributed by atoms with Crippen molar-refractivity contribution >= 4 is 11.6 Å². The van der Waals surface area contributed by atoms with Gasteiger partial charge in [-0.1, -0.05) is 56.3 Å². The Morgan fingerprint density at radius 2 is 1.92 bits per heavy atom.